The first-order valence-electron chi connectivity index (χ1n) is 10.5. The van der Waals surface area contributed by atoms with E-state index in [0.717, 1.165) is 47.6 Å². The number of rotatable bonds is 9. The van der Waals surface area contributed by atoms with Crippen LogP contribution in [0.4, 0.5) is 0 Å². The number of aromatic nitrogens is 2. The van der Waals surface area contributed by atoms with Crippen LogP contribution in [-0.4, -0.2) is 47.5 Å². The van der Waals surface area contributed by atoms with Crippen molar-refractivity contribution < 1.29 is 9.53 Å². The number of amides is 1. The van der Waals surface area contributed by atoms with Gasteiger partial charge in [0.05, 0.1) is 17.6 Å². The summed E-state index contributed by atoms with van der Waals surface area (Å²) in [6.45, 7) is 7.39. The third kappa shape index (κ3) is 5.60. The third-order valence-corrected chi connectivity index (χ3v) is 4.85. The van der Waals surface area contributed by atoms with Gasteiger partial charge in [-0.1, -0.05) is 12.1 Å². The SMILES string of the molecule is Cc1c(C(=O)NC(C)C)ccc2[nH]c(CCCOc3cccc(CN(C)C)c3)nc12. The van der Waals surface area contributed by atoms with Crippen molar-refractivity contribution in [3.63, 3.8) is 0 Å². The van der Waals surface area contributed by atoms with E-state index in [9.17, 15) is 4.79 Å². The number of aryl methyl sites for hydroxylation is 2. The maximum atomic E-state index is 12.4. The highest BCUT2D eigenvalue weighted by atomic mass is 16.5. The summed E-state index contributed by atoms with van der Waals surface area (Å²) in [4.78, 5) is 22.6. The van der Waals surface area contributed by atoms with E-state index in [2.05, 4.69) is 41.4 Å². The predicted molar refractivity (Wildman–Crippen MR) is 121 cm³/mol. The summed E-state index contributed by atoms with van der Waals surface area (Å²) >= 11 is 0. The molecular weight excluding hydrogens is 376 g/mol. The topological polar surface area (TPSA) is 70.2 Å². The standard InChI is InChI=1S/C24H32N4O2/c1-16(2)25-24(29)20-11-12-21-23(17(20)3)27-22(26-21)10-7-13-30-19-9-6-8-18(14-19)15-28(4)5/h6,8-9,11-12,14,16H,7,10,13,15H2,1-5H3,(H,25,29)(H,26,27). The second kappa shape index (κ2) is 9.76. The van der Waals surface area contributed by atoms with Crippen molar-refractivity contribution in [2.75, 3.05) is 20.7 Å². The number of imidazole rings is 1. The molecule has 0 aliphatic carbocycles. The van der Waals surface area contributed by atoms with Crippen molar-refractivity contribution in [2.45, 2.75) is 46.2 Å². The molecule has 30 heavy (non-hydrogen) atoms. The summed E-state index contributed by atoms with van der Waals surface area (Å²) in [6, 6.07) is 12.1. The Labute approximate surface area is 178 Å². The van der Waals surface area contributed by atoms with Gasteiger partial charge >= 0.3 is 0 Å². The summed E-state index contributed by atoms with van der Waals surface area (Å²) in [7, 11) is 4.12. The van der Waals surface area contributed by atoms with Crippen molar-refractivity contribution in [2.24, 2.45) is 0 Å². The van der Waals surface area contributed by atoms with Crippen molar-refractivity contribution in [3.05, 3.63) is 58.9 Å². The van der Waals surface area contributed by atoms with Crippen LogP contribution in [0, 0.1) is 6.92 Å². The zero-order valence-electron chi connectivity index (χ0n) is 18.6. The fourth-order valence-corrected chi connectivity index (χ4v) is 3.50. The number of nitrogens with one attached hydrogen (secondary N) is 2. The van der Waals surface area contributed by atoms with Crippen LogP contribution in [-0.2, 0) is 13.0 Å². The van der Waals surface area contributed by atoms with Gasteiger partial charge in [0.15, 0.2) is 0 Å². The number of hydrogen-bond donors (Lipinski definition) is 2. The van der Waals surface area contributed by atoms with Crippen LogP contribution in [0.5, 0.6) is 5.75 Å². The highest BCUT2D eigenvalue weighted by molar-refractivity contribution is 6.00. The first-order valence-corrected chi connectivity index (χ1v) is 10.5. The fourth-order valence-electron chi connectivity index (χ4n) is 3.50. The molecule has 1 heterocycles. The van der Waals surface area contributed by atoms with Gasteiger partial charge in [-0.15, -0.1) is 0 Å². The van der Waals surface area contributed by atoms with Gasteiger partial charge in [0.2, 0.25) is 0 Å². The predicted octanol–water partition coefficient (Wildman–Crippen LogP) is 4.08. The van der Waals surface area contributed by atoms with Crippen molar-refractivity contribution in [1.29, 1.82) is 0 Å². The van der Waals surface area contributed by atoms with E-state index >= 15 is 0 Å². The average Bonchev–Trinajstić information content (AvgIpc) is 3.09. The molecule has 6 nitrogen and oxygen atoms in total. The minimum absolute atomic E-state index is 0.0566. The van der Waals surface area contributed by atoms with Gasteiger partial charge in [0.1, 0.15) is 11.6 Å². The van der Waals surface area contributed by atoms with Gasteiger partial charge in [-0.25, -0.2) is 4.98 Å². The number of nitrogens with zero attached hydrogens (tertiary/aromatic N) is 2. The zero-order valence-corrected chi connectivity index (χ0v) is 18.6. The summed E-state index contributed by atoms with van der Waals surface area (Å²) in [5, 5.41) is 2.95. The molecule has 0 aliphatic rings. The molecule has 1 aromatic heterocycles. The Balaban J connectivity index is 1.59. The summed E-state index contributed by atoms with van der Waals surface area (Å²) < 4.78 is 5.92. The number of carbonyl (C=O) groups excluding carboxylic acids is 1. The Morgan fingerprint density at radius 3 is 2.77 bits per heavy atom. The van der Waals surface area contributed by atoms with Gasteiger partial charge in [-0.05, 0) is 76.7 Å². The van der Waals surface area contributed by atoms with Crippen molar-refractivity contribution >= 4 is 16.9 Å². The first-order chi connectivity index (χ1) is 14.3. The lowest BCUT2D eigenvalue weighted by atomic mass is 10.1. The maximum absolute atomic E-state index is 12.4. The van der Waals surface area contributed by atoms with E-state index in [1.807, 2.05) is 45.0 Å². The van der Waals surface area contributed by atoms with E-state index in [1.165, 1.54) is 5.56 Å². The number of hydrogen-bond acceptors (Lipinski definition) is 4. The first kappa shape index (κ1) is 21.8. The molecule has 2 aromatic carbocycles. The molecular formula is C24H32N4O2. The van der Waals surface area contributed by atoms with E-state index in [1.54, 1.807) is 0 Å². The molecule has 0 bridgehead atoms. The fraction of sp³-hybridized carbons (Fsp3) is 0.417. The van der Waals surface area contributed by atoms with Gasteiger partial charge in [0.25, 0.3) is 5.91 Å². The van der Waals surface area contributed by atoms with Crippen molar-refractivity contribution in [1.82, 2.24) is 20.2 Å². The molecule has 0 radical (unpaired) electrons. The van der Waals surface area contributed by atoms with Crippen LogP contribution < -0.4 is 10.1 Å². The molecule has 0 saturated carbocycles. The van der Waals surface area contributed by atoms with Crippen LogP contribution in [0.1, 0.15) is 47.6 Å². The molecule has 0 unspecified atom stereocenters. The van der Waals surface area contributed by atoms with Crippen LogP contribution in [0.15, 0.2) is 36.4 Å². The van der Waals surface area contributed by atoms with Gasteiger partial charge in [0, 0.05) is 24.6 Å². The van der Waals surface area contributed by atoms with E-state index in [0.29, 0.717) is 12.2 Å². The highest BCUT2D eigenvalue weighted by Gasteiger charge is 2.14. The highest BCUT2D eigenvalue weighted by Crippen LogP contribution is 2.21. The molecule has 0 spiro atoms. The minimum atomic E-state index is -0.0566. The van der Waals surface area contributed by atoms with Crippen LogP contribution in [0.25, 0.3) is 11.0 Å². The second-order valence-electron chi connectivity index (χ2n) is 8.28. The largest absolute Gasteiger partial charge is 0.494 e. The Kier molecular flexibility index (Phi) is 7.11. The molecule has 2 N–H and O–H groups in total. The van der Waals surface area contributed by atoms with Gasteiger partial charge in [-0.3, -0.25) is 4.79 Å². The average molecular weight is 409 g/mol. The molecule has 3 rings (SSSR count). The van der Waals surface area contributed by atoms with Crippen LogP contribution in [0.2, 0.25) is 0 Å². The number of ether oxygens (including phenoxy) is 1. The molecule has 0 fully saturated rings. The van der Waals surface area contributed by atoms with E-state index < -0.39 is 0 Å². The summed E-state index contributed by atoms with van der Waals surface area (Å²) in [5.74, 6) is 1.76. The number of carbonyl (C=O) groups is 1. The van der Waals surface area contributed by atoms with E-state index in [-0.39, 0.29) is 11.9 Å². The van der Waals surface area contributed by atoms with Gasteiger partial charge in [-0.2, -0.15) is 0 Å². The molecule has 160 valence electrons. The lowest BCUT2D eigenvalue weighted by Gasteiger charge is -2.11. The molecule has 1 amide bonds. The normalized spacial score (nSPS) is 11.4. The Hall–Kier alpha value is -2.86. The second-order valence-corrected chi connectivity index (χ2v) is 8.28. The number of fused-ring (bicyclic) bond motifs is 1. The van der Waals surface area contributed by atoms with Crippen molar-refractivity contribution in [3.8, 4) is 5.75 Å². The maximum Gasteiger partial charge on any atom is 0.251 e. The lowest BCUT2D eigenvalue weighted by Crippen LogP contribution is -2.30. The monoisotopic (exact) mass is 408 g/mol. The summed E-state index contributed by atoms with van der Waals surface area (Å²) in [6.07, 6.45) is 1.65. The molecule has 0 saturated heterocycles. The van der Waals surface area contributed by atoms with Gasteiger partial charge < -0.3 is 19.9 Å². The number of benzene rings is 2. The smallest absolute Gasteiger partial charge is 0.251 e. The zero-order chi connectivity index (χ0) is 21.7. The van der Waals surface area contributed by atoms with Crippen LogP contribution >= 0.6 is 0 Å². The molecule has 0 atom stereocenters. The Morgan fingerprint density at radius 2 is 2.03 bits per heavy atom. The number of H-pyrrole nitrogens is 1. The Morgan fingerprint density at radius 1 is 1.23 bits per heavy atom. The third-order valence-electron chi connectivity index (χ3n) is 4.85. The van der Waals surface area contributed by atoms with E-state index in [4.69, 9.17) is 9.72 Å². The summed E-state index contributed by atoms with van der Waals surface area (Å²) in [5.41, 5.74) is 4.64. The quantitative estimate of drug-likeness (QED) is 0.524. The lowest BCUT2D eigenvalue weighted by molar-refractivity contribution is 0.0942. The van der Waals surface area contributed by atoms with Crippen LogP contribution in [0.3, 0.4) is 0 Å². The number of aromatic amines is 1. The Bertz CT molecular complexity index is 1010. The molecule has 6 heteroatoms. The molecule has 3 aromatic rings. The molecule has 0 aliphatic heterocycles. The minimum Gasteiger partial charge on any atom is -0.494 e.